The third kappa shape index (κ3) is 2.41. The standard InChI is InChI=1S/C17H21N3/c1-14-16(9-6-10-18-14)20-12-11-19-17(2,13-20)15-7-4-3-5-8-15/h3-10,19H,11-13H2,1-2H3. The van der Waals surface area contributed by atoms with Crippen LogP contribution in [-0.2, 0) is 5.54 Å². The van der Waals surface area contributed by atoms with Gasteiger partial charge in [0.25, 0.3) is 0 Å². The van der Waals surface area contributed by atoms with Crippen molar-refractivity contribution in [3.8, 4) is 0 Å². The number of anilines is 1. The van der Waals surface area contributed by atoms with E-state index in [0.717, 1.165) is 25.3 Å². The fourth-order valence-electron chi connectivity index (χ4n) is 3.00. The Morgan fingerprint density at radius 3 is 2.70 bits per heavy atom. The molecular weight excluding hydrogens is 246 g/mol. The second-order valence-corrected chi connectivity index (χ2v) is 5.65. The van der Waals surface area contributed by atoms with Gasteiger partial charge in [0.05, 0.1) is 16.9 Å². The van der Waals surface area contributed by atoms with E-state index in [9.17, 15) is 0 Å². The molecule has 1 aromatic heterocycles. The first-order valence-corrected chi connectivity index (χ1v) is 7.16. The molecule has 0 spiro atoms. The number of rotatable bonds is 2. The largest absolute Gasteiger partial charge is 0.367 e. The van der Waals surface area contributed by atoms with E-state index in [1.165, 1.54) is 11.3 Å². The van der Waals surface area contributed by atoms with Gasteiger partial charge in [-0.2, -0.15) is 0 Å². The summed E-state index contributed by atoms with van der Waals surface area (Å²) in [7, 11) is 0. The molecule has 1 saturated heterocycles. The number of hydrogen-bond donors (Lipinski definition) is 1. The summed E-state index contributed by atoms with van der Waals surface area (Å²) < 4.78 is 0. The molecule has 2 aromatic rings. The first-order chi connectivity index (χ1) is 9.69. The molecule has 1 aliphatic heterocycles. The van der Waals surface area contributed by atoms with Crippen molar-refractivity contribution in [2.45, 2.75) is 19.4 Å². The molecule has 1 fully saturated rings. The van der Waals surface area contributed by atoms with Crippen LogP contribution in [0, 0.1) is 6.92 Å². The quantitative estimate of drug-likeness (QED) is 0.907. The number of piperazine rings is 1. The van der Waals surface area contributed by atoms with E-state index in [-0.39, 0.29) is 5.54 Å². The molecule has 3 rings (SSSR count). The molecule has 3 heteroatoms. The van der Waals surface area contributed by atoms with Crippen LogP contribution < -0.4 is 10.2 Å². The van der Waals surface area contributed by atoms with E-state index in [2.05, 4.69) is 65.4 Å². The van der Waals surface area contributed by atoms with Gasteiger partial charge in [-0.25, -0.2) is 0 Å². The molecule has 20 heavy (non-hydrogen) atoms. The molecule has 1 unspecified atom stereocenters. The summed E-state index contributed by atoms with van der Waals surface area (Å²) in [5.41, 5.74) is 3.68. The molecule has 1 atom stereocenters. The fourth-order valence-corrected chi connectivity index (χ4v) is 3.00. The molecule has 0 radical (unpaired) electrons. The SMILES string of the molecule is Cc1ncccc1N1CCNC(C)(c2ccccc2)C1. The highest BCUT2D eigenvalue weighted by Crippen LogP contribution is 2.28. The van der Waals surface area contributed by atoms with Gasteiger partial charge >= 0.3 is 0 Å². The Morgan fingerprint density at radius 2 is 1.95 bits per heavy atom. The Hall–Kier alpha value is -1.87. The van der Waals surface area contributed by atoms with Gasteiger partial charge in [-0.1, -0.05) is 30.3 Å². The van der Waals surface area contributed by atoms with Crippen LogP contribution in [0.15, 0.2) is 48.7 Å². The normalized spacial score (nSPS) is 22.8. The summed E-state index contributed by atoms with van der Waals surface area (Å²) in [4.78, 5) is 6.85. The minimum Gasteiger partial charge on any atom is -0.367 e. The molecule has 0 aliphatic carbocycles. The number of nitrogens with zero attached hydrogens (tertiary/aromatic N) is 2. The van der Waals surface area contributed by atoms with Gasteiger partial charge in [0.15, 0.2) is 0 Å². The van der Waals surface area contributed by atoms with Gasteiger partial charge in [0.2, 0.25) is 0 Å². The zero-order chi connectivity index (χ0) is 14.0. The lowest BCUT2D eigenvalue weighted by Crippen LogP contribution is -2.57. The number of aryl methyl sites for hydroxylation is 1. The van der Waals surface area contributed by atoms with Gasteiger partial charge in [0.1, 0.15) is 0 Å². The van der Waals surface area contributed by atoms with Crippen LogP contribution in [-0.4, -0.2) is 24.6 Å². The molecule has 1 aliphatic rings. The van der Waals surface area contributed by atoms with Gasteiger partial charge < -0.3 is 10.2 Å². The highest BCUT2D eigenvalue weighted by Gasteiger charge is 2.32. The lowest BCUT2D eigenvalue weighted by molar-refractivity contribution is 0.332. The van der Waals surface area contributed by atoms with Crippen LogP contribution in [0.3, 0.4) is 0 Å². The van der Waals surface area contributed by atoms with E-state index in [4.69, 9.17) is 0 Å². The first kappa shape index (κ1) is 13.1. The van der Waals surface area contributed by atoms with Crippen molar-refractivity contribution >= 4 is 5.69 Å². The summed E-state index contributed by atoms with van der Waals surface area (Å²) >= 11 is 0. The van der Waals surface area contributed by atoms with E-state index < -0.39 is 0 Å². The molecule has 0 saturated carbocycles. The fraction of sp³-hybridized carbons (Fsp3) is 0.353. The van der Waals surface area contributed by atoms with E-state index >= 15 is 0 Å². The van der Waals surface area contributed by atoms with Crippen molar-refractivity contribution in [1.82, 2.24) is 10.3 Å². The Balaban J connectivity index is 1.89. The van der Waals surface area contributed by atoms with Gasteiger partial charge in [-0.05, 0) is 31.5 Å². The Bertz CT molecular complexity index is 582. The predicted molar refractivity (Wildman–Crippen MR) is 83.0 cm³/mol. The number of pyridine rings is 1. The van der Waals surface area contributed by atoms with Crippen LogP contribution in [0.2, 0.25) is 0 Å². The average Bonchev–Trinajstić information content (AvgIpc) is 2.49. The first-order valence-electron chi connectivity index (χ1n) is 7.16. The number of nitrogens with one attached hydrogen (secondary N) is 1. The zero-order valence-corrected chi connectivity index (χ0v) is 12.1. The Kier molecular flexibility index (Phi) is 3.45. The maximum atomic E-state index is 4.41. The lowest BCUT2D eigenvalue weighted by Gasteiger charge is -2.43. The molecule has 1 aromatic carbocycles. The van der Waals surface area contributed by atoms with E-state index in [1.807, 2.05) is 12.3 Å². The topological polar surface area (TPSA) is 28.2 Å². The summed E-state index contributed by atoms with van der Waals surface area (Å²) in [6, 6.07) is 14.9. The van der Waals surface area contributed by atoms with Crippen molar-refractivity contribution in [1.29, 1.82) is 0 Å². The molecule has 104 valence electrons. The maximum absolute atomic E-state index is 4.41. The van der Waals surface area contributed by atoms with Crippen molar-refractivity contribution < 1.29 is 0 Å². The van der Waals surface area contributed by atoms with E-state index in [0.29, 0.717) is 0 Å². The van der Waals surface area contributed by atoms with Crippen molar-refractivity contribution in [3.63, 3.8) is 0 Å². The second-order valence-electron chi connectivity index (χ2n) is 5.65. The molecule has 0 bridgehead atoms. The van der Waals surface area contributed by atoms with Crippen LogP contribution in [0.4, 0.5) is 5.69 Å². The molecule has 0 amide bonds. The predicted octanol–water partition coefficient (Wildman–Crippen LogP) is 2.72. The van der Waals surface area contributed by atoms with Crippen molar-refractivity contribution in [3.05, 3.63) is 59.9 Å². The van der Waals surface area contributed by atoms with Crippen LogP contribution in [0.1, 0.15) is 18.2 Å². The summed E-state index contributed by atoms with van der Waals surface area (Å²) in [5, 5.41) is 3.67. The minimum absolute atomic E-state index is 0.0121. The summed E-state index contributed by atoms with van der Waals surface area (Å²) in [5.74, 6) is 0. The zero-order valence-electron chi connectivity index (χ0n) is 12.1. The number of aromatic nitrogens is 1. The summed E-state index contributed by atoms with van der Waals surface area (Å²) in [6.45, 7) is 7.33. The average molecular weight is 267 g/mol. The van der Waals surface area contributed by atoms with Gasteiger partial charge in [-0.3, -0.25) is 4.98 Å². The van der Waals surface area contributed by atoms with Crippen LogP contribution in [0.5, 0.6) is 0 Å². The third-order valence-electron chi connectivity index (χ3n) is 4.13. The Labute approximate surface area is 120 Å². The smallest absolute Gasteiger partial charge is 0.0605 e. The minimum atomic E-state index is -0.0121. The second kappa shape index (κ2) is 5.25. The van der Waals surface area contributed by atoms with Crippen molar-refractivity contribution in [2.75, 3.05) is 24.5 Å². The van der Waals surface area contributed by atoms with Crippen LogP contribution in [0.25, 0.3) is 0 Å². The highest BCUT2D eigenvalue weighted by molar-refractivity contribution is 5.51. The third-order valence-corrected chi connectivity index (χ3v) is 4.13. The molecule has 2 heterocycles. The lowest BCUT2D eigenvalue weighted by atomic mass is 9.89. The monoisotopic (exact) mass is 267 g/mol. The van der Waals surface area contributed by atoms with Gasteiger partial charge in [-0.15, -0.1) is 0 Å². The van der Waals surface area contributed by atoms with Gasteiger partial charge in [0, 0.05) is 25.8 Å². The Morgan fingerprint density at radius 1 is 1.15 bits per heavy atom. The number of benzene rings is 1. The number of hydrogen-bond acceptors (Lipinski definition) is 3. The molecule has 1 N–H and O–H groups in total. The van der Waals surface area contributed by atoms with Crippen molar-refractivity contribution in [2.24, 2.45) is 0 Å². The summed E-state index contributed by atoms with van der Waals surface area (Å²) in [6.07, 6.45) is 1.86. The maximum Gasteiger partial charge on any atom is 0.0605 e. The highest BCUT2D eigenvalue weighted by atomic mass is 15.2. The molecule has 3 nitrogen and oxygen atoms in total. The molecular formula is C17H21N3. The van der Waals surface area contributed by atoms with E-state index in [1.54, 1.807) is 0 Å². The van der Waals surface area contributed by atoms with Crippen LogP contribution >= 0.6 is 0 Å².